The van der Waals surface area contributed by atoms with Crippen molar-refractivity contribution in [1.29, 1.82) is 0 Å². The van der Waals surface area contributed by atoms with Gasteiger partial charge >= 0.3 is 0 Å². The molecule has 0 amide bonds. The number of carbonyl (C=O) groups is 1. The van der Waals surface area contributed by atoms with E-state index < -0.39 is 11.7 Å². The van der Waals surface area contributed by atoms with Crippen LogP contribution in [0.3, 0.4) is 0 Å². The number of ether oxygens (including phenoxy) is 1. The molecular weight excluding hydrogens is 464 g/mol. The number of thiophene rings is 1. The predicted octanol–water partition coefficient (Wildman–Crippen LogP) is 7.84. The second kappa shape index (κ2) is 9.29. The van der Waals surface area contributed by atoms with E-state index in [0.29, 0.717) is 5.02 Å². The molecule has 178 valence electrons. The van der Waals surface area contributed by atoms with E-state index in [4.69, 9.17) is 21.3 Å². The number of hydrogen-bond acceptors (Lipinski definition) is 4. The number of aryl methyl sites for hydroxylation is 2. The van der Waals surface area contributed by atoms with E-state index in [1.165, 1.54) is 10.6 Å². The lowest BCUT2D eigenvalue weighted by Crippen LogP contribution is -2.27. The largest absolute Gasteiger partial charge is 0.360 e. The summed E-state index contributed by atoms with van der Waals surface area (Å²) in [5, 5.41) is 3.82. The van der Waals surface area contributed by atoms with Gasteiger partial charge in [-0.15, -0.1) is 11.3 Å². The van der Waals surface area contributed by atoms with Crippen molar-refractivity contribution in [2.24, 2.45) is 0 Å². The highest BCUT2D eigenvalue weighted by atomic mass is 35.5. The van der Waals surface area contributed by atoms with Crippen LogP contribution in [0.2, 0.25) is 5.02 Å². The third-order valence-corrected chi connectivity index (χ3v) is 7.23. The number of ketones is 1. The first-order chi connectivity index (χ1) is 16.0. The molecule has 0 saturated heterocycles. The monoisotopic (exact) mass is 494 g/mol. The van der Waals surface area contributed by atoms with Crippen molar-refractivity contribution in [2.75, 3.05) is 0 Å². The highest BCUT2D eigenvalue weighted by Gasteiger charge is 2.32. The Balaban J connectivity index is 2.09. The summed E-state index contributed by atoms with van der Waals surface area (Å²) in [6.45, 7) is 14.5. The molecule has 4 nitrogen and oxygen atoms in total. The van der Waals surface area contributed by atoms with Gasteiger partial charge in [-0.2, -0.15) is 0 Å². The zero-order valence-corrected chi connectivity index (χ0v) is 22.4. The summed E-state index contributed by atoms with van der Waals surface area (Å²) in [7, 11) is 0. The molecule has 0 aliphatic rings. The highest BCUT2D eigenvalue weighted by Crippen LogP contribution is 2.42. The summed E-state index contributed by atoms with van der Waals surface area (Å²) in [5.41, 5.74) is 6.37. The van der Waals surface area contributed by atoms with Crippen LogP contribution in [-0.4, -0.2) is 20.9 Å². The van der Waals surface area contributed by atoms with Gasteiger partial charge in [-0.25, -0.2) is 4.98 Å². The van der Waals surface area contributed by atoms with E-state index in [0.717, 1.165) is 45.5 Å². The molecule has 1 aromatic carbocycles. The predicted molar refractivity (Wildman–Crippen MR) is 142 cm³/mol. The number of hydrogen-bond donors (Lipinski definition) is 0. The summed E-state index contributed by atoms with van der Waals surface area (Å²) >= 11 is 7.98. The molecule has 0 radical (unpaired) electrons. The first kappa shape index (κ1) is 24.6. The summed E-state index contributed by atoms with van der Waals surface area (Å²) in [5.74, 6) is -0.0400. The van der Waals surface area contributed by atoms with Crippen LogP contribution in [0.25, 0.3) is 22.2 Å². The van der Waals surface area contributed by atoms with E-state index in [9.17, 15) is 4.79 Å². The third-order valence-electron chi connectivity index (χ3n) is 6.11. The quantitative estimate of drug-likeness (QED) is 0.274. The standard InChI is InChI=1S/C28H31ClN2O2S/c1-16-18(3)31(15-22-9-8-14-34-22)27-23(16)25(20-10-12-21(29)13-11-20)24(17(2)30-27)26(19(4)32)33-28(5,6)7/h8-14,26H,15H2,1-7H3/t26-/m1/s1. The van der Waals surface area contributed by atoms with Crippen LogP contribution < -0.4 is 0 Å². The van der Waals surface area contributed by atoms with Crippen LogP contribution >= 0.6 is 22.9 Å². The summed E-state index contributed by atoms with van der Waals surface area (Å²) in [6, 6.07) is 12.0. The van der Waals surface area contributed by atoms with Crippen molar-refractivity contribution in [2.45, 2.75) is 66.7 Å². The molecule has 0 fully saturated rings. The average Bonchev–Trinajstić information content (AvgIpc) is 3.34. The van der Waals surface area contributed by atoms with Crippen molar-refractivity contribution in [1.82, 2.24) is 9.55 Å². The minimum Gasteiger partial charge on any atom is -0.360 e. The molecule has 0 N–H and O–H groups in total. The second-order valence-electron chi connectivity index (χ2n) is 9.79. The Bertz CT molecular complexity index is 1350. The molecule has 4 rings (SSSR count). The van der Waals surface area contributed by atoms with E-state index in [1.807, 2.05) is 52.0 Å². The van der Waals surface area contributed by atoms with Crippen LogP contribution in [0, 0.1) is 20.8 Å². The van der Waals surface area contributed by atoms with Crippen LogP contribution in [0.1, 0.15) is 61.2 Å². The molecule has 0 spiro atoms. The SMILES string of the molecule is CC(=O)[C@@H](OC(C)(C)C)c1c(C)nc2c(c(C)c(C)n2Cc2cccs2)c1-c1ccc(Cl)cc1. The number of aromatic nitrogens is 2. The average molecular weight is 495 g/mol. The van der Waals surface area contributed by atoms with Crippen molar-refractivity contribution in [3.63, 3.8) is 0 Å². The highest BCUT2D eigenvalue weighted by molar-refractivity contribution is 7.09. The van der Waals surface area contributed by atoms with E-state index in [-0.39, 0.29) is 5.78 Å². The molecule has 0 aliphatic heterocycles. The van der Waals surface area contributed by atoms with Crippen molar-refractivity contribution in [3.8, 4) is 11.1 Å². The van der Waals surface area contributed by atoms with E-state index in [1.54, 1.807) is 18.3 Å². The van der Waals surface area contributed by atoms with Gasteiger partial charge in [-0.1, -0.05) is 29.8 Å². The number of pyridine rings is 1. The Hall–Kier alpha value is -2.47. The minimum atomic E-state index is -0.720. The van der Waals surface area contributed by atoms with Crippen molar-refractivity contribution >= 4 is 39.8 Å². The fraction of sp³-hybridized carbons (Fsp3) is 0.357. The molecule has 0 saturated carbocycles. The van der Waals surface area contributed by atoms with Gasteiger partial charge in [0.25, 0.3) is 0 Å². The van der Waals surface area contributed by atoms with Crippen LogP contribution in [-0.2, 0) is 16.1 Å². The van der Waals surface area contributed by atoms with E-state index >= 15 is 0 Å². The number of benzene rings is 1. The molecule has 3 aromatic heterocycles. The summed E-state index contributed by atoms with van der Waals surface area (Å²) < 4.78 is 8.62. The number of halogens is 1. The fourth-order valence-electron chi connectivity index (χ4n) is 4.48. The maximum absolute atomic E-state index is 12.9. The van der Waals surface area contributed by atoms with Gasteiger partial charge in [-0.3, -0.25) is 4.79 Å². The molecule has 0 bridgehead atoms. The fourth-order valence-corrected chi connectivity index (χ4v) is 5.30. The molecule has 3 heterocycles. The molecular formula is C28H31ClN2O2S. The first-order valence-electron chi connectivity index (χ1n) is 11.4. The van der Waals surface area contributed by atoms with Gasteiger partial charge < -0.3 is 9.30 Å². The van der Waals surface area contributed by atoms with Crippen LogP contribution in [0.15, 0.2) is 41.8 Å². The number of Topliss-reactive ketones (excluding diaryl/α,β-unsaturated/α-hetero) is 1. The van der Waals surface area contributed by atoms with E-state index in [2.05, 4.69) is 35.9 Å². The number of rotatable bonds is 6. The maximum atomic E-state index is 12.9. The number of carbonyl (C=O) groups excluding carboxylic acids is 1. The lowest BCUT2D eigenvalue weighted by molar-refractivity contribution is -0.138. The molecule has 0 aliphatic carbocycles. The molecule has 6 heteroatoms. The summed E-state index contributed by atoms with van der Waals surface area (Å²) in [6.07, 6.45) is -0.720. The van der Waals surface area contributed by atoms with Crippen molar-refractivity contribution in [3.05, 3.63) is 74.2 Å². The van der Waals surface area contributed by atoms with Gasteiger partial charge in [0.15, 0.2) is 5.78 Å². The molecule has 0 unspecified atom stereocenters. The molecule has 4 aromatic rings. The smallest absolute Gasteiger partial charge is 0.163 e. The van der Waals surface area contributed by atoms with Crippen LogP contribution in [0.5, 0.6) is 0 Å². The Labute approximate surface area is 210 Å². The molecule has 34 heavy (non-hydrogen) atoms. The third kappa shape index (κ3) is 4.70. The first-order valence-corrected chi connectivity index (χ1v) is 12.7. The second-order valence-corrected chi connectivity index (χ2v) is 11.3. The van der Waals surface area contributed by atoms with Crippen molar-refractivity contribution < 1.29 is 9.53 Å². The zero-order valence-electron chi connectivity index (χ0n) is 20.8. The Morgan fingerprint density at radius 3 is 2.38 bits per heavy atom. The minimum absolute atomic E-state index is 0.0400. The van der Waals surface area contributed by atoms with Crippen LogP contribution in [0.4, 0.5) is 0 Å². The van der Waals surface area contributed by atoms with Gasteiger partial charge in [0.05, 0.1) is 12.1 Å². The van der Waals surface area contributed by atoms with Gasteiger partial charge in [-0.05, 0) is 83.2 Å². The number of nitrogens with zero attached hydrogens (tertiary/aromatic N) is 2. The Morgan fingerprint density at radius 1 is 1.15 bits per heavy atom. The Kier molecular flexibility index (Phi) is 6.74. The zero-order chi connectivity index (χ0) is 24.8. The van der Waals surface area contributed by atoms with Gasteiger partial charge in [0.2, 0.25) is 0 Å². The Morgan fingerprint density at radius 2 is 1.82 bits per heavy atom. The number of fused-ring (bicyclic) bond motifs is 1. The van der Waals surface area contributed by atoms with Gasteiger partial charge in [0, 0.05) is 37.8 Å². The van der Waals surface area contributed by atoms with Gasteiger partial charge in [0.1, 0.15) is 11.8 Å². The summed E-state index contributed by atoms with van der Waals surface area (Å²) in [4.78, 5) is 19.3. The molecule has 1 atom stereocenters. The normalized spacial score (nSPS) is 12.9. The lowest BCUT2D eigenvalue weighted by atomic mass is 9.90. The lowest BCUT2D eigenvalue weighted by Gasteiger charge is -2.29. The maximum Gasteiger partial charge on any atom is 0.163 e. The topological polar surface area (TPSA) is 44.1 Å².